The smallest absolute Gasteiger partial charge is 0.275 e. The third-order valence-electron chi connectivity index (χ3n) is 2.22. The van der Waals surface area contributed by atoms with Crippen LogP contribution in [-0.4, -0.2) is 16.0 Å². The van der Waals surface area contributed by atoms with Gasteiger partial charge in [-0.1, -0.05) is 6.07 Å². The first kappa shape index (κ1) is 10.6. The van der Waals surface area contributed by atoms with Crippen molar-refractivity contribution in [3.05, 3.63) is 40.3 Å². The van der Waals surface area contributed by atoms with E-state index in [4.69, 9.17) is 0 Å². The molecule has 0 saturated carbocycles. The first-order valence-corrected chi connectivity index (χ1v) is 5.61. The Bertz CT molecular complexity index is 509. The number of hydrogen-bond acceptors (Lipinski definition) is 4. The quantitative estimate of drug-likeness (QED) is 0.838. The van der Waals surface area contributed by atoms with Crippen molar-refractivity contribution >= 4 is 22.9 Å². The molecule has 5 heteroatoms. The Morgan fingerprint density at radius 3 is 3.00 bits per heavy atom. The van der Waals surface area contributed by atoms with Crippen LogP contribution < -0.4 is 5.32 Å². The maximum Gasteiger partial charge on any atom is 0.275 e. The van der Waals surface area contributed by atoms with Gasteiger partial charge in [0, 0.05) is 16.6 Å². The molecule has 0 saturated heterocycles. The minimum absolute atomic E-state index is 0.163. The number of aromatic hydroxyl groups is 1. The van der Waals surface area contributed by atoms with Crippen molar-refractivity contribution in [3.63, 3.8) is 0 Å². The van der Waals surface area contributed by atoms with Gasteiger partial charge in [0.15, 0.2) is 0 Å². The molecule has 0 spiro atoms. The number of aromatic nitrogens is 1. The third-order valence-corrected chi connectivity index (χ3v) is 2.80. The van der Waals surface area contributed by atoms with Crippen LogP contribution in [0.3, 0.4) is 0 Å². The number of benzene rings is 1. The Hall–Kier alpha value is -1.88. The van der Waals surface area contributed by atoms with Gasteiger partial charge < -0.3 is 10.4 Å². The molecule has 0 unspecified atom stereocenters. The summed E-state index contributed by atoms with van der Waals surface area (Å²) in [7, 11) is 0. The molecule has 1 heterocycles. The number of thiazole rings is 1. The van der Waals surface area contributed by atoms with Crippen molar-refractivity contribution in [2.45, 2.75) is 6.92 Å². The van der Waals surface area contributed by atoms with Gasteiger partial charge >= 0.3 is 0 Å². The normalized spacial score (nSPS) is 10.1. The molecule has 0 aliphatic heterocycles. The number of anilines is 1. The number of phenols is 1. The van der Waals surface area contributed by atoms with Crippen molar-refractivity contribution in [1.82, 2.24) is 4.98 Å². The molecule has 1 amide bonds. The molecule has 4 nitrogen and oxygen atoms in total. The van der Waals surface area contributed by atoms with Crippen LogP contribution in [0.1, 0.15) is 16.1 Å². The van der Waals surface area contributed by atoms with Crippen LogP contribution in [0.25, 0.3) is 0 Å². The summed E-state index contributed by atoms with van der Waals surface area (Å²) >= 11 is 1.36. The molecule has 82 valence electrons. The molecule has 2 N–H and O–H groups in total. The first-order chi connectivity index (χ1) is 7.68. The Morgan fingerprint density at radius 1 is 1.50 bits per heavy atom. The van der Waals surface area contributed by atoms with Crippen LogP contribution in [0.2, 0.25) is 0 Å². The summed E-state index contributed by atoms with van der Waals surface area (Å²) < 4.78 is 0. The highest BCUT2D eigenvalue weighted by molar-refractivity contribution is 7.07. The summed E-state index contributed by atoms with van der Waals surface area (Å²) in [5.41, 5.74) is 3.22. The molecular formula is C11H10N2O2S. The number of rotatable bonds is 2. The molecule has 1 aromatic heterocycles. The Balaban J connectivity index is 2.22. The molecule has 0 atom stereocenters. The maximum absolute atomic E-state index is 11.7. The number of phenolic OH excluding ortho intramolecular Hbond substituents is 1. The van der Waals surface area contributed by atoms with Crippen molar-refractivity contribution in [2.24, 2.45) is 0 Å². The van der Waals surface area contributed by atoms with Crippen LogP contribution in [0, 0.1) is 6.92 Å². The van der Waals surface area contributed by atoms with E-state index >= 15 is 0 Å². The van der Waals surface area contributed by atoms with Gasteiger partial charge in [0.25, 0.3) is 5.91 Å². The van der Waals surface area contributed by atoms with E-state index < -0.39 is 0 Å². The van der Waals surface area contributed by atoms with Crippen molar-refractivity contribution in [3.8, 4) is 5.75 Å². The van der Waals surface area contributed by atoms with Gasteiger partial charge in [0.2, 0.25) is 0 Å². The molecule has 2 aromatic rings. The van der Waals surface area contributed by atoms with E-state index in [1.54, 1.807) is 36.0 Å². The third kappa shape index (κ3) is 2.04. The van der Waals surface area contributed by atoms with Gasteiger partial charge in [-0.15, -0.1) is 11.3 Å². The maximum atomic E-state index is 11.7. The molecule has 0 bridgehead atoms. The highest BCUT2D eigenvalue weighted by Gasteiger charge is 2.10. The molecule has 16 heavy (non-hydrogen) atoms. The van der Waals surface area contributed by atoms with Crippen molar-refractivity contribution in [1.29, 1.82) is 0 Å². The van der Waals surface area contributed by atoms with Gasteiger partial charge in [-0.25, -0.2) is 4.98 Å². The fourth-order valence-corrected chi connectivity index (χ4v) is 1.80. The van der Waals surface area contributed by atoms with E-state index in [0.717, 1.165) is 0 Å². The number of hydrogen-bond donors (Lipinski definition) is 2. The van der Waals surface area contributed by atoms with Crippen LogP contribution in [0.15, 0.2) is 29.1 Å². The van der Waals surface area contributed by atoms with E-state index in [9.17, 15) is 9.90 Å². The monoisotopic (exact) mass is 234 g/mol. The molecule has 0 fully saturated rings. The van der Waals surface area contributed by atoms with E-state index in [1.807, 2.05) is 0 Å². The zero-order valence-electron chi connectivity index (χ0n) is 8.60. The van der Waals surface area contributed by atoms with Gasteiger partial charge in [0.05, 0.1) is 5.51 Å². The lowest BCUT2D eigenvalue weighted by Gasteiger charge is -2.07. The van der Waals surface area contributed by atoms with Crippen LogP contribution in [0.4, 0.5) is 5.69 Å². The number of nitrogens with zero attached hydrogens (tertiary/aromatic N) is 1. The highest BCUT2D eigenvalue weighted by atomic mass is 32.1. The van der Waals surface area contributed by atoms with E-state index in [2.05, 4.69) is 10.3 Å². The summed E-state index contributed by atoms with van der Waals surface area (Å²) in [6.07, 6.45) is 0. The van der Waals surface area contributed by atoms with Gasteiger partial charge in [-0.2, -0.15) is 0 Å². The zero-order chi connectivity index (χ0) is 11.5. The largest absolute Gasteiger partial charge is 0.508 e. The summed E-state index contributed by atoms with van der Waals surface area (Å²) in [4.78, 5) is 15.6. The van der Waals surface area contributed by atoms with Crippen molar-refractivity contribution < 1.29 is 9.90 Å². The van der Waals surface area contributed by atoms with Crippen LogP contribution in [-0.2, 0) is 0 Å². The second kappa shape index (κ2) is 4.32. The van der Waals surface area contributed by atoms with Gasteiger partial charge in [-0.05, 0) is 19.1 Å². The highest BCUT2D eigenvalue weighted by Crippen LogP contribution is 2.24. The predicted molar refractivity (Wildman–Crippen MR) is 62.9 cm³/mol. The Labute approximate surface area is 96.6 Å². The summed E-state index contributed by atoms with van der Waals surface area (Å²) in [5.74, 6) is -0.106. The second-order valence-corrected chi connectivity index (χ2v) is 4.00. The topological polar surface area (TPSA) is 62.2 Å². The van der Waals surface area contributed by atoms with E-state index in [-0.39, 0.29) is 11.7 Å². The molecule has 0 radical (unpaired) electrons. The van der Waals surface area contributed by atoms with Crippen molar-refractivity contribution in [2.75, 3.05) is 5.32 Å². The number of carbonyl (C=O) groups excluding carboxylic acids is 1. The SMILES string of the molecule is Cc1c(O)cccc1NC(=O)c1cscn1. The number of amides is 1. The minimum atomic E-state index is -0.269. The average Bonchev–Trinajstić information content (AvgIpc) is 2.78. The second-order valence-electron chi connectivity index (χ2n) is 3.28. The fourth-order valence-electron chi connectivity index (χ4n) is 1.27. The Morgan fingerprint density at radius 2 is 2.31 bits per heavy atom. The fraction of sp³-hybridized carbons (Fsp3) is 0.0909. The van der Waals surface area contributed by atoms with E-state index in [0.29, 0.717) is 16.9 Å². The number of nitrogens with one attached hydrogen (secondary N) is 1. The Kier molecular flexibility index (Phi) is 2.87. The molecule has 2 rings (SSSR count). The minimum Gasteiger partial charge on any atom is -0.508 e. The van der Waals surface area contributed by atoms with Crippen LogP contribution >= 0.6 is 11.3 Å². The standard InChI is InChI=1S/C11H10N2O2S/c1-7-8(3-2-4-10(7)14)13-11(15)9-5-16-6-12-9/h2-6,14H,1H3,(H,13,15). The molecule has 0 aliphatic carbocycles. The van der Waals surface area contributed by atoms with Gasteiger partial charge in [0.1, 0.15) is 11.4 Å². The molecule has 0 aliphatic rings. The lowest BCUT2D eigenvalue weighted by Crippen LogP contribution is -2.12. The summed E-state index contributed by atoms with van der Waals surface area (Å²) in [5, 5.41) is 13.9. The van der Waals surface area contributed by atoms with Gasteiger partial charge in [-0.3, -0.25) is 4.79 Å². The summed E-state index contributed by atoms with van der Waals surface area (Å²) in [6, 6.07) is 4.99. The van der Waals surface area contributed by atoms with Crippen LogP contribution in [0.5, 0.6) is 5.75 Å². The molecular weight excluding hydrogens is 224 g/mol. The lowest BCUT2D eigenvalue weighted by molar-refractivity contribution is 0.102. The predicted octanol–water partition coefficient (Wildman–Crippen LogP) is 2.41. The zero-order valence-corrected chi connectivity index (χ0v) is 9.41. The first-order valence-electron chi connectivity index (χ1n) is 4.66. The summed E-state index contributed by atoms with van der Waals surface area (Å²) in [6.45, 7) is 1.74. The number of carbonyl (C=O) groups is 1. The average molecular weight is 234 g/mol. The van der Waals surface area contributed by atoms with E-state index in [1.165, 1.54) is 11.3 Å². The molecule has 1 aromatic carbocycles. The lowest BCUT2D eigenvalue weighted by atomic mass is 10.2.